The summed E-state index contributed by atoms with van der Waals surface area (Å²) in [6.45, 7) is 7.17. The molecule has 0 saturated heterocycles. The van der Waals surface area contributed by atoms with Gasteiger partial charge in [0.25, 0.3) is 5.91 Å². The van der Waals surface area contributed by atoms with E-state index in [1.54, 1.807) is 12.2 Å². The van der Waals surface area contributed by atoms with Gasteiger partial charge in [-0.15, -0.1) is 0 Å². The first kappa shape index (κ1) is 10.1. The van der Waals surface area contributed by atoms with Crippen molar-refractivity contribution < 1.29 is 9.90 Å². The molecule has 0 spiro atoms. The van der Waals surface area contributed by atoms with E-state index >= 15 is 0 Å². The van der Waals surface area contributed by atoms with Gasteiger partial charge in [-0.3, -0.25) is 4.79 Å². The van der Waals surface area contributed by atoms with Gasteiger partial charge >= 0.3 is 0 Å². The summed E-state index contributed by atoms with van der Waals surface area (Å²) < 4.78 is 0. The molecule has 0 aliphatic rings. The number of phenols is 1. The zero-order valence-electron chi connectivity index (χ0n) is 7.66. The standard InChI is InChI=1S/C11H11NO2/c1-3-7-5-9(11(12)14)10(13)6-8(7)4-2/h3-6,13H,1-2H2,(H2,12,14). The Morgan fingerprint density at radius 1 is 1.29 bits per heavy atom. The van der Waals surface area contributed by atoms with Crippen LogP contribution in [0, 0.1) is 0 Å². The van der Waals surface area contributed by atoms with Gasteiger partial charge in [-0.2, -0.15) is 0 Å². The molecular weight excluding hydrogens is 178 g/mol. The molecule has 3 N–H and O–H groups in total. The normalized spacial score (nSPS) is 9.43. The van der Waals surface area contributed by atoms with Crippen molar-refractivity contribution in [2.45, 2.75) is 0 Å². The first-order valence-corrected chi connectivity index (χ1v) is 4.01. The Labute approximate surface area is 82.2 Å². The van der Waals surface area contributed by atoms with E-state index in [1.807, 2.05) is 0 Å². The fraction of sp³-hybridized carbons (Fsp3) is 0. The Morgan fingerprint density at radius 3 is 2.21 bits per heavy atom. The van der Waals surface area contributed by atoms with Crippen LogP contribution in [0.4, 0.5) is 0 Å². The highest BCUT2D eigenvalue weighted by Gasteiger charge is 2.09. The Morgan fingerprint density at radius 2 is 1.79 bits per heavy atom. The van der Waals surface area contributed by atoms with Gasteiger partial charge in [-0.1, -0.05) is 25.3 Å². The number of primary amides is 1. The van der Waals surface area contributed by atoms with Crippen molar-refractivity contribution in [3.05, 3.63) is 42.0 Å². The number of amides is 1. The van der Waals surface area contributed by atoms with Gasteiger partial charge in [0, 0.05) is 0 Å². The molecule has 0 atom stereocenters. The molecule has 0 bridgehead atoms. The molecule has 1 amide bonds. The van der Waals surface area contributed by atoms with E-state index in [2.05, 4.69) is 13.2 Å². The summed E-state index contributed by atoms with van der Waals surface area (Å²) in [7, 11) is 0. The van der Waals surface area contributed by atoms with Gasteiger partial charge in [-0.25, -0.2) is 0 Å². The highest BCUT2D eigenvalue weighted by atomic mass is 16.3. The van der Waals surface area contributed by atoms with Gasteiger partial charge in [0.1, 0.15) is 5.75 Å². The Bertz CT molecular complexity index is 408. The number of benzene rings is 1. The van der Waals surface area contributed by atoms with E-state index in [0.29, 0.717) is 11.1 Å². The molecule has 14 heavy (non-hydrogen) atoms. The van der Waals surface area contributed by atoms with E-state index in [-0.39, 0.29) is 11.3 Å². The quantitative estimate of drug-likeness (QED) is 0.761. The maximum Gasteiger partial charge on any atom is 0.252 e. The maximum absolute atomic E-state index is 10.9. The van der Waals surface area contributed by atoms with Crippen LogP contribution in [0.1, 0.15) is 21.5 Å². The molecule has 0 aliphatic carbocycles. The third-order valence-corrected chi connectivity index (χ3v) is 1.91. The van der Waals surface area contributed by atoms with Gasteiger partial charge in [0.2, 0.25) is 0 Å². The molecule has 1 aromatic carbocycles. The number of rotatable bonds is 3. The van der Waals surface area contributed by atoms with Crippen LogP contribution in [0.3, 0.4) is 0 Å². The van der Waals surface area contributed by atoms with Crippen LogP contribution in [0.2, 0.25) is 0 Å². The van der Waals surface area contributed by atoms with Crippen LogP contribution in [-0.2, 0) is 0 Å². The molecule has 3 nitrogen and oxygen atoms in total. The van der Waals surface area contributed by atoms with Crippen molar-refractivity contribution >= 4 is 18.1 Å². The van der Waals surface area contributed by atoms with E-state index in [0.717, 1.165) is 0 Å². The molecule has 3 heteroatoms. The lowest BCUT2D eigenvalue weighted by Crippen LogP contribution is -2.11. The second kappa shape index (κ2) is 3.79. The smallest absolute Gasteiger partial charge is 0.252 e. The number of carbonyl (C=O) groups excluding carboxylic acids is 1. The van der Waals surface area contributed by atoms with Crippen molar-refractivity contribution in [2.24, 2.45) is 5.73 Å². The lowest BCUT2D eigenvalue weighted by atomic mass is 10.0. The lowest BCUT2D eigenvalue weighted by molar-refractivity contribution is 0.0998. The molecule has 0 aromatic heterocycles. The van der Waals surface area contributed by atoms with Crippen molar-refractivity contribution in [1.82, 2.24) is 0 Å². The summed E-state index contributed by atoms with van der Waals surface area (Å²) in [4.78, 5) is 10.9. The van der Waals surface area contributed by atoms with E-state index < -0.39 is 5.91 Å². The third kappa shape index (κ3) is 1.66. The number of carbonyl (C=O) groups is 1. The molecular formula is C11H11NO2. The molecule has 0 aliphatic heterocycles. The van der Waals surface area contributed by atoms with Gasteiger partial charge < -0.3 is 10.8 Å². The zero-order chi connectivity index (χ0) is 10.7. The highest BCUT2D eigenvalue weighted by molar-refractivity contribution is 5.96. The van der Waals surface area contributed by atoms with Gasteiger partial charge in [0.15, 0.2) is 0 Å². The van der Waals surface area contributed by atoms with E-state index in [4.69, 9.17) is 5.73 Å². The minimum absolute atomic E-state index is 0.0884. The van der Waals surface area contributed by atoms with Crippen molar-refractivity contribution in [3.63, 3.8) is 0 Å². The number of hydrogen-bond acceptors (Lipinski definition) is 2. The summed E-state index contributed by atoms with van der Waals surface area (Å²) in [5.74, 6) is -0.806. The van der Waals surface area contributed by atoms with Gasteiger partial charge in [0.05, 0.1) is 5.56 Å². The lowest BCUT2D eigenvalue weighted by Gasteiger charge is -2.05. The Hall–Kier alpha value is -2.03. The highest BCUT2D eigenvalue weighted by Crippen LogP contribution is 2.23. The van der Waals surface area contributed by atoms with Crippen molar-refractivity contribution in [2.75, 3.05) is 0 Å². The van der Waals surface area contributed by atoms with Crippen LogP contribution in [-0.4, -0.2) is 11.0 Å². The maximum atomic E-state index is 10.9. The van der Waals surface area contributed by atoms with Crippen LogP contribution >= 0.6 is 0 Å². The first-order chi connectivity index (χ1) is 6.60. The molecule has 0 radical (unpaired) electrons. The Balaban J connectivity index is 3.44. The van der Waals surface area contributed by atoms with Crippen LogP contribution < -0.4 is 5.73 Å². The summed E-state index contributed by atoms with van der Waals surface area (Å²) >= 11 is 0. The number of aromatic hydroxyl groups is 1. The minimum atomic E-state index is -0.666. The van der Waals surface area contributed by atoms with Crippen LogP contribution in [0.25, 0.3) is 12.2 Å². The SMILES string of the molecule is C=Cc1cc(O)c(C(N)=O)cc1C=C. The Kier molecular flexibility index (Phi) is 2.72. The number of hydrogen-bond donors (Lipinski definition) is 2. The minimum Gasteiger partial charge on any atom is -0.507 e. The topological polar surface area (TPSA) is 63.3 Å². The summed E-state index contributed by atoms with van der Waals surface area (Å²) in [6, 6.07) is 2.92. The molecule has 72 valence electrons. The van der Waals surface area contributed by atoms with E-state index in [9.17, 15) is 9.90 Å². The fourth-order valence-electron chi connectivity index (χ4n) is 1.17. The van der Waals surface area contributed by atoms with Crippen molar-refractivity contribution in [1.29, 1.82) is 0 Å². The summed E-state index contributed by atoms with van der Waals surface area (Å²) in [5.41, 5.74) is 6.58. The molecule has 0 unspecified atom stereocenters. The van der Waals surface area contributed by atoms with Crippen LogP contribution in [0.15, 0.2) is 25.3 Å². The fourth-order valence-corrected chi connectivity index (χ4v) is 1.17. The molecule has 0 fully saturated rings. The molecule has 1 rings (SSSR count). The van der Waals surface area contributed by atoms with E-state index in [1.165, 1.54) is 12.1 Å². The largest absolute Gasteiger partial charge is 0.507 e. The molecule has 0 saturated carbocycles. The van der Waals surface area contributed by atoms with Gasteiger partial charge in [-0.05, 0) is 23.3 Å². The zero-order valence-corrected chi connectivity index (χ0v) is 7.66. The second-order valence-corrected chi connectivity index (χ2v) is 2.77. The molecule has 0 heterocycles. The summed E-state index contributed by atoms with van der Waals surface area (Å²) in [5, 5.41) is 9.43. The average molecular weight is 189 g/mol. The molecule has 1 aromatic rings. The predicted molar refractivity (Wildman–Crippen MR) is 56.8 cm³/mol. The summed E-state index contributed by atoms with van der Waals surface area (Å²) in [6.07, 6.45) is 3.14. The monoisotopic (exact) mass is 189 g/mol. The predicted octanol–water partition coefficient (Wildman–Crippen LogP) is 1.78. The van der Waals surface area contributed by atoms with Crippen molar-refractivity contribution in [3.8, 4) is 5.75 Å². The second-order valence-electron chi connectivity index (χ2n) is 2.77. The first-order valence-electron chi connectivity index (χ1n) is 4.01. The third-order valence-electron chi connectivity index (χ3n) is 1.91. The number of nitrogens with two attached hydrogens (primary N) is 1. The van der Waals surface area contributed by atoms with Crippen LogP contribution in [0.5, 0.6) is 5.75 Å². The average Bonchev–Trinajstić information content (AvgIpc) is 2.16.